The van der Waals surface area contributed by atoms with Gasteiger partial charge in [-0.3, -0.25) is 0 Å². The topological polar surface area (TPSA) is 62.4 Å². The van der Waals surface area contributed by atoms with E-state index in [-0.39, 0.29) is 6.61 Å². The molecule has 0 spiro atoms. The largest absolute Gasteiger partial charge is 0.397 e. The van der Waals surface area contributed by atoms with E-state index in [0.717, 1.165) is 31.7 Å². The number of hydrogen-bond acceptors (Lipinski definition) is 4. The van der Waals surface area contributed by atoms with Crippen LogP contribution in [0.1, 0.15) is 19.8 Å². The SMILES string of the molecule is CCN(CCCCO)c1ccc(N)cn1. The molecule has 0 saturated heterocycles. The number of pyridine rings is 1. The second-order valence-electron chi connectivity index (χ2n) is 3.46. The number of aliphatic hydroxyl groups excluding tert-OH is 1. The van der Waals surface area contributed by atoms with Crippen LogP contribution in [-0.2, 0) is 0 Å². The van der Waals surface area contributed by atoms with Gasteiger partial charge in [-0.25, -0.2) is 4.98 Å². The van der Waals surface area contributed by atoms with E-state index in [4.69, 9.17) is 10.8 Å². The van der Waals surface area contributed by atoms with Gasteiger partial charge in [-0.05, 0) is 31.9 Å². The molecule has 4 nitrogen and oxygen atoms in total. The summed E-state index contributed by atoms with van der Waals surface area (Å²) in [7, 11) is 0. The first-order valence-electron chi connectivity index (χ1n) is 5.35. The molecule has 84 valence electrons. The van der Waals surface area contributed by atoms with Crippen molar-refractivity contribution in [1.82, 2.24) is 4.98 Å². The van der Waals surface area contributed by atoms with Crippen LogP contribution in [0.25, 0.3) is 0 Å². The Morgan fingerprint density at radius 1 is 1.40 bits per heavy atom. The summed E-state index contributed by atoms with van der Waals surface area (Å²) in [4.78, 5) is 6.44. The summed E-state index contributed by atoms with van der Waals surface area (Å²) in [6.45, 7) is 4.19. The maximum atomic E-state index is 8.71. The van der Waals surface area contributed by atoms with Crippen molar-refractivity contribution < 1.29 is 5.11 Å². The fraction of sp³-hybridized carbons (Fsp3) is 0.545. The second kappa shape index (κ2) is 6.24. The maximum absolute atomic E-state index is 8.71. The zero-order valence-corrected chi connectivity index (χ0v) is 9.19. The van der Waals surface area contributed by atoms with Crippen molar-refractivity contribution in [3.63, 3.8) is 0 Å². The minimum absolute atomic E-state index is 0.257. The zero-order valence-electron chi connectivity index (χ0n) is 9.19. The number of anilines is 2. The lowest BCUT2D eigenvalue weighted by Gasteiger charge is -2.21. The molecule has 0 saturated carbocycles. The van der Waals surface area contributed by atoms with Crippen LogP contribution in [0.3, 0.4) is 0 Å². The molecule has 0 aliphatic heterocycles. The van der Waals surface area contributed by atoms with Crippen molar-refractivity contribution >= 4 is 11.5 Å². The number of nitrogen functional groups attached to an aromatic ring is 1. The van der Waals surface area contributed by atoms with E-state index in [1.54, 1.807) is 6.20 Å². The fourth-order valence-corrected chi connectivity index (χ4v) is 1.43. The monoisotopic (exact) mass is 209 g/mol. The van der Waals surface area contributed by atoms with Gasteiger partial charge in [0.1, 0.15) is 5.82 Å². The number of nitrogens with zero attached hydrogens (tertiary/aromatic N) is 2. The predicted octanol–water partition coefficient (Wildman–Crippen LogP) is 1.26. The molecule has 1 rings (SSSR count). The van der Waals surface area contributed by atoms with Gasteiger partial charge >= 0.3 is 0 Å². The first-order chi connectivity index (χ1) is 7.27. The van der Waals surface area contributed by atoms with Crippen LogP contribution in [-0.4, -0.2) is 29.8 Å². The van der Waals surface area contributed by atoms with E-state index in [0.29, 0.717) is 5.69 Å². The molecule has 0 radical (unpaired) electrons. The van der Waals surface area contributed by atoms with Crippen molar-refractivity contribution in [2.45, 2.75) is 19.8 Å². The van der Waals surface area contributed by atoms with Gasteiger partial charge in [0.15, 0.2) is 0 Å². The highest BCUT2D eigenvalue weighted by Crippen LogP contribution is 2.12. The van der Waals surface area contributed by atoms with Gasteiger partial charge in [0, 0.05) is 19.7 Å². The van der Waals surface area contributed by atoms with Crippen LogP contribution >= 0.6 is 0 Å². The van der Waals surface area contributed by atoms with Gasteiger partial charge < -0.3 is 15.7 Å². The molecule has 0 fully saturated rings. The Balaban J connectivity index is 2.53. The minimum Gasteiger partial charge on any atom is -0.397 e. The van der Waals surface area contributed by atoms with Crippen LogP contribution in [0.5, 0.6) is 0 Å². The summed E-state index contributed by atoms with van der Waals surface area (Å²) in [5, 5.41) is 8.71. The van der Waals surface area contributed by atoms with Gasteiger partial charge in [-0.2, -0.15) is 0 Å². The normalized spacial score (nSPS) is 10.3. The summed E-state index contributed by atoms with van der Waals surface area (Å²) in [6, 6.07) is 3.79. The van der Waals surface area contributed by atoms with E-state index < -0.39 is 0 Å². The highest BCUT2D eigenvalue weighted by atomic mass is 16.2. The van der Waals surface area contributed by atoms with Crippen LogP contribution < -0.4 is 10.6 Å². The standard InChI is InChI=1S/C11H19N3O/c1-2-14(7-3-4-8-15)11-6-5-10(12)9-13-11/h5-6,9,15H,2-4,7-8,12H2,1H3. The van der Waals surface area contributed by atoms with Gasteiger partial charge in [0.05, 0.1) is 11.9 Å². The Kier molecular flexibility index (Phi) is 4.90. The molecule has 0 bridgehead atoms. The number of hydrogen-bond donors (Lipinski definition) is 2. The van der Waals surface area contributed by atoms with Gasteiger partial charge in [0.2, 0.25) is 0 Å². The molecular formula is C11H19N3O. The van der Waals surface area contributed by atoms with Gasteiger partial charge in [-0.15, -0.1) is 0 Å². The van der Waals surface area contributed by atoms with Crippen molar-refractivity contribution in [2.75, 3.05) is 30.3 Å². The first kappa shape index (κ1) is 11.8. The number of aliphatic hydroxyl groups is 1. The van der Waals surface area contributed by atoms with Crippen molar-refractivity contribution in [2.24, 2.45) is 0 Å². The Morgan fingerprint density at radius 2 is 2.20 bits per heavy atom. The molecule has 1 aromatic rings. The van der Waals surface area contributed by atoms with E-state index in [9.17, 15) is 0 Å². The smallest absolute Gasteiger partial charge is 0.128 e. The maximum Gasteiger partial charge on any atom is 0.128 e. The molecule has 0 amide bonds. The van der Waals surface area contributed by atoms with Crippen LogP contribution in [0, 0.1) is 0 Å². The molecular weight excluding hydrogens is 190 g/mol. The van der Waals surface area contributed by atoms with Crippen molar-refractivity contribution in [3.05, 3.63) is 18.3 Å². The molecule has 0 unspecified atom stereocenters. The van der Waals surface area contributed by atoms with Crippen molar-refractivity contribution in [1.29, 1.82) is 0 Å². The van der Waals surface area contributed by atoms with E-state index in [1.807, 2.05) is 12.1 Å². The third-order valence-corrected chi connectivity index (χ3v) is 2.31. The molecule has 1 aromatic heterocycles. The molecule has 3 N–H and O–H groups in total. The summed E-state index contributed by atoms with van der Waals surface area (Å²) in [5.74, 6) is 0.949. The summed E-state index contributed by atoms with van der Waals surface area (Å²) in [6.07, 6.45) is 3.49. The second-order valence-corrected chi connectivity index (χ2v) is 3.46. The molecule has 4 heteroatoms. The van der Waals surface area contributed by atoms with Crippen molar-refractivity contribution in [3.8, 4) is 0 Å². The lowest BCUT2D eigenvalue weighted by Crippen LogP contribution is -2.25. The lowest BCUT2D eigenvalue weighted by atomic mass is 10.3. The molecule has 1 heterocycles. The average Bonchev–Trinajstić information content (AvgIpc) is 2.26. The van der Waals surface area contributed by atoms with E-state index >= 15 is 0 Å². The van der Waals surface area contributed by atoms with E-state index in [1.165, 1.54) is 0 Å². The van der Waals surface area contributed by atoms with Crippen LogP contribution in [0.4, 0.5) is 11.5 Å². The summed E-state index contributed by atoms with van der Waals surface area (Å²) in [5.41, 5.74) is 6.26. The summed E-state index contributed by atoms with van der Waals surface area (Å²) < 4.78 is 0. The molecule has 0 aromatic carbocycles. The Morgan fingerprint density at radius 3 is 2.73 bits per heavy atom. The predicted molar refractivity (Wildman–Crippen MR) is 62.9 cm³/mol. The van der Waals surface area contributed by atoms with Gasteiger partial charge in [-0.1, -0.05) is 0 Å². The quantitative estimate of drug-likeness (QED) is 0.692. The zero-order chi connectivity index (χ0) is 11.1. The number of unbranched alkanes of at least 4 members (excludes halogenated alkanes) is 1. The Bertz CT molecular complexity index is 274. The number of rotatable bonds is 6. The Hall–Kier alpha value is -1.29. The molecule has 15 heavy (non-hydrogen) atoms. The minimum atomic E-state index is 0.257. The summed E-state index contributed by atoms with van der Waals surface area (Å²) >= 11 is 0. The third kappa shape index (κ3) is 3.75. The fourth-order valence-electron chi connectivity index (χ4n) is 1.43. The highest BCUT2D eigenvalue weighted by Gasteiger charge is 2.04. The lowest BCUT2D eigenvalue weighted by molar-refractivity contribution is 0.285. The van der Waals surface area contributed by atoms with Crippen LogP contribution in [0.15, 0.2) is 18.3 Å². The van der Waals surface area contributed by atoms with Gasteiger partial charge in [0.25, 0.3) is 0 Å². The number of aromatic nitrogens is 1. The molecule has 0 atom stereocenters. The number of nitrogens with two attached hydrogens (primary N) is 1. The third-order valence-electron chi connectivity index (χ3n) is 2.31. The molecule has 0 aliphatic carbocycles. The van der Waals surface area contributed by atoms with Crippen LogP contribution in [0.2, 0.25) is 0 Å². The molecule has 0 aliphatic rings. The first-order valence-corrected chi connectivity index (χ1v) is 5.35. The highest BCUT2D eigenvalue weighted by molar-refractivity contribution is 5.45. The van der Waals surface area contributed by atoms with E-state index in [2.05, 4.69) is 16.8 Å². The Labute approximate surface area is 90.7 Å². The average molecular weight is 209 g/mol.